The molecule has 0 saturated heterocycles. The number of hydrogen-bond acceptors (Lipinski definition) is 1. The molecule has 0 bridgehead atoms. The predicted molar refractivity (Wildman–Crippen MR) is 31.4 cm³/mol. The van der Waals surface area contributed by atoms with Crippen LogP contribution in [0.4, 0.5) is 0 Å². The van der Waals surface area contributed by atoms with Crippen molar-refractivity contribution < 1.29 is 5.11 Å². The molecule has 40 valence electrons. The molecule has 0 aromatic rings. The van der Waals surface area contributed by atoms with E-state index < -0.39 is 0 Å². The van der Waals surface area contributed by atoms with E-state index in [0.29, 0.717) is 5.03 Å². The van der Waals surface area contributed by atoms with E-state index in [1.54, 1.807) is 0 Å². The zero-order chi connectivity index (χ0) is 5.86. The molecule has 0 saturated carbocycles. The van der Waals surface area contributed by atoms with Gasteiger partial charge in [0.25, 0.3) is 0 Å². The standard InChI is InChI=1S/C5H7ClO/c1-3-5(6)4(2)7/h3,7H,1H2,2H3/b5-4-. The van der Waals surface area contributed by atoms with Gasteiger partial charge in [-0.2, -0.15) is 0 Å². The number of allylic oxidation sites excluding steroid dienone is 3. The molecule has 0 aliphatic carbocycles. The van der Waals surface area contributed by atoms with Gasteiger partial charge in [0.15, 0.2) is 0 Å². The fourth-order valence-corrected chi connectivity index (χ4v) is 0.148. The maximum atomic E-state index is 8.50. The molecule has 0 aliphatic rings. The van der Waals surface area contributed by atoms with Gasteiger partial charge in [-0.15, -0.1) is 0 Å². The topological polar surface area (TPSA) is 20.2 Å². The average Bonchev–Trinajstić information content (AvgIpc) is 1.65. The van der Waals surface area contributed by atoms with Crippen molar-refractivity contribution in [3.8, 4) is 0 Å². The SMILES string of the molecule is C=C/C(Cl)=C(\C)O. The molecule has 0 aromatic carbocycles. The van der Waals surface area contributed by atoms with E-state index >= 15 is 0 Å². The third kappa shape index (κ3) is 2.29. The van der Waals surface area contributed by atoms with Gasteiger partial charge in [0.1, 0.15) is 5.76 Å². The Kier molecular flexibility index (Phi) is 2.53. The lowest BCUT2D eigenvalue weighted by atomic mass is 10.5. The molecule has 0 radical (unpaired) electrons. The van der Waals surface area contributed by atoms with Gasteiger partial charge in [-0.05, 0) is 13.0 Å². The van der Waals surface area contributed by atoms with Crippen LogP contribution in [0.25, 0.3) is 0 Å². The van der Waals surface area contributed by atoms with Crippen LogP contribution in [0.5, 0.6) is 0 Å². The van der Waals surface area contributed by atoms with Crippen molar-refractivity contribution in [3.05, 3.63) is 23.4 Å². The lowest BCUT2D eigenvalue weighted by Crippen LogP contribution is -1.70. The van der Waals surface area contributed by atoms with Gasteiger partial charge < -0.3 is 5.11 Å². The second-order valence-corrected chi connectivity index (χ2v) is 1.54. The monoisotopic (exact) mass is 118 g/mol. The predicted octanol–water partition coefficient (Wildman–Crippen LogP) is 2.20. The quantitative estimate of drug-likeness (QED) is 0.414. The van der Waals surface area contributed by atoms with E-state index in [1.807, 2.05) is 0 Å². The summed E-state index contributed by atoms with van der Waals surface area (Å²) in [5.74, 6) is 0.108. The van der Waals surface area contributed by atoms with E-state index in [0.717, 1.165) is 0 Å². The minimum absolute atomic E-state index is 0.108. The highest BCUT2D eigenvalue weighted by atomic mass is 35.5. The van der Waals surface area contributed by atoms with Crippen molar-refractivity contribution in [2.24, 2.45) is 0 Å². The molecule has 0 atom stereocenters. The molecular weight excluding hydrogens is 112 g/mol. The Hall–Kier alpha value is -0.430. The third-order valence-electron chi connectivity index (χ3n) is 0.525. The zero-order valence-corrected chi connectivity index (χ0v) is 4.87. The zero-order valence-electron chi connectivity index (χ0n) is 4.11. The summed E-state index contributed by atoms with van der Waals surface area (Å²) >= 11 is 5.31. The molecule has 1 nitrogen and oxygen atoms in total. The molecule has 7 heavy (non-hydrogen) atoms. The summed E-state index contributed by atoms with van der Waals surface area (Å²) in [6, 6.07) is 0. The van der Waals surface area contributed by atoms with Crippen LogP contribution in [0, 0.1) is 0 Å². The first-order valence-electron chi connectivity index (χ1n) is 1.86. The van der Waals surface area contributed by atoms with E-state index in [-0.39, 0.29) is 5.76 Å². The Balaban J connectivity index is 3.98. The number of halogens is 1. The Bertz CT molecular complexity index is 101. The Morgan fingerprint density at radius 2 is 2.29 bits per heavy atom. The summed E-state index contributed by atoms with van der Waals surface area (Å²) in [6.07, 6.45) is 1.39. The second kappa shape index (κ2) is 2.69. The molecule has 0 heterocycles. The Labute approximate surface area is 47.9 Å². The van der Waals surface area contributed by atoms with E-state index in [1.165, 1.54) is 13.0 Å². The molecule has 0 spiro atoms. The van der Waals surface area contributed by atoms with Gasteiger partial charge in [-0.25, -0.2) is 0 Å². The summed E-state index contributed by atoms with van der Waals surface area (Å²) in [6.45, 7) is 4.84. The van der Waals surface area contributed by atoms with Gasteiger partial charge in [0.2, 0.25) is 0 Å². The van der Waals surface area contributed by atoms with Crippen molar-refractivity contribution in [1.82, 2.24) is 0 Å². The van der Waals surface area contributed by atoms with E-state index in [4.69, 9.17) is 16.7 Å². The smallest absolute Gasteiger partial charge is 0.108 e. The summed E-state index contributed by atoms with van der Waals surface area (Å²) in [5.41, 5.74) is 0. The summed E-state index contributed by atoms with van der Waals surface area (Å²) in [7, 11) is 0. The van der Waals surface area contributed by atoms with Gasteiger partial charge in [-0.3, -0.25) is 0 Å². The van der Waals surface area contributed by atoms with E-state index in [9.17, 15) is 0 Å². The van der Waals surface area contributed by atoms with Gasteiger partial charge >= 0.3 is 0 Å². The molecule has 2 heteroatoms. The first-order chi connectivity index (χ1) is 3.18. The van der Waals surface area contributed by atoms with Gasteiger partial charge in [0, 0.05) is 0 Å². The van der Waals surface area contributed by atoms with Crippen molar-refractivity contribution in [3.63, 3.8) is 0 Å². The van der Waals surface area contributed by atoms with Crippen LogP contribution in [-0.2, 0) is 0 Å². The van der Waals surface area contributed by atoms with Crippen LogP contribution in [-0.4, -0.2) is 5.11 Å². The van der Waals surface area contributed by atoms with Crippen molar-refractivity contribution in [2.45, 2.75) is 6.92 Å². The van der Waals surface area contributed by atoms with Crippen molar-refractivity contribution in [1.29, 1.82) is 0 Å². The summed E-state index contributed by atoms with van der Waals surface area (Å²) < 4.78 is 0. The van der Waals surface area contributed by atoms with Crippen LogP contribution < -0.4 is 0 Å². The van der Waals surface area contributed by atoms with Crippen LogP contribution in [0.2, 0.25) is 0 Å². The number of rotatable bonds is 1. The number of aliphatic hydroxyl groups is 1. The molecular formula is C5H7ClO. The van der Waals surface area contributed by atoms with Crippen molar-refractivity contribution >= 4 is 11.6 Å². The fourth-order valence-electron chi connectivity index (χ4n) is 0.148. The van der Waals surface area contributed by atoms with Gasteiger partial charge in [0.05, 0.1) is 5.03 Å². The Morgan fingerprint density at radius 3 is 2.29 bits per heavy atom. The largest absolute Gasteiger partial charge is 0.511 e. The molecule has 1 N–H and O–H groups in total. The molecule has 0 fully saturated rings. The highest BCUT2D eigenvalue weighted by Crippen LogP contribution is 2.05. The lowest BCUT2D eigenvalue weighted by Gasteiger charge is -1.86. The Morgan fingerprint density at radius 1 is 1.86 bits per heavy atom. The summed E-state index contributed by atoms with van der Waals surface area (Å²) in [5, 5.41) is 8.80. The molecule has 0 unspecified atom stereocenters. The van der Waals surface area contributed by atoms with Crippen LogP contribution in [0.15, 0.2) is 23.4 Å². The maximum absolute atomic E-state index is 8.50. The van der Waals surface area contributed by atoms with Crippen molar-refractivity contribution in [2.75, 3.05) is 0 Å². The first-order valence-corrected chi connectivity index (χ1v) is 2.24. The number of hydrogen-bond donors (Lipinski definition) is 1. The molecule has 0 rings (SSSR count). The maximum Gasteiger partial charge on any atom is 0.108 e. The fraction of sp³-hybridized carbons (Fsp3) is 0.200. The lowest BCUT2D eigenvalue weighted by molar-refractivity contribution is 0.413. The second-order valence-electron chi connectivity index (χ2n) is 1.14. The average molecular weight is 119 g/mol. The van der Waals surface area contributed by atoms with Crippen LogP contribution in [0.3, 0.4) is 0 Å². The molecule has 0 amide bonds. The highest BCUT2D eigenvalue weighted by molar-refractivity contribution is 6.31. The normalized spacial score (nSPS) is 12.9. The third-order valence-corrected chi connectivity index (χ3v) is 0.953. The highest BCUT2D eigenvalue weighted by Gasteiger charge is 1.85. The minimum Gasteiger partial charge on any atom is -0.511 e. The molecule has 0 aliphatic heterocycles. The summed E-state index contributed by atoms with van der Waals surface area (Å²) in [4.78, 5) is 0. The van der Waals surface area contributed by atoms with E-state index in [2.05, 4.69) is 6.58 Å². The minimum atomic E-state index is 0.108. The van der Waals surface area contributed by atoms with Crippen LogP contribution >= 0.6 is 11.6 Å². The van der Waals surface area contributed by atoms with Gasteiger partial charge in [-0.1, -0.05) is 18.2 Å². The van der Waals surface area contributed by atoms with Crippen LogP contribution in [0.1, 0.15) is 6.92 Å². The molecule has 0 aromatic heterocycles. The first kappa shape index (κ1) is 6.57. The number of aliphatic hydroxyl groups excluding tert-OH is 1.